The molecule has 0 saturated carbocycles. The summed E-state index contributed by atoms with van der Waals surface area (Å²) in [6, 6.07) is 0. The molecule has 3 N–H and O–H groups in total. The van der Waals surface area contributed by atoms with Crippen LogP contribution in [0.15, 0.2) is 4.52 Å². The number of nitrogens with two attached hydrogens (primary N) is 1. The number of hydrogen-bond donors (Lipinski definition) is 2. The van der Waals surface area contributed by atoms with Crippen LogP contribution in [0.2, 0.25) is 0 Å². The molecule has 0 fully saturated rings. The van der Waals surface area contributed by atoms with E-state index in [0.29, 0.717) is 11.8 Å². The second-order valence-corrected chi connectivity index (χ2v) is 3.26. The lowest BCUT2D eigenvalue weighted by Gasteiger charge is -2.17. The third kappa shape index (κ3) is 1.08. The molecule has 4 heteroatoms. The zero-order valence-corrected chi connectivity index (χ0v) is 6.79. The van der Waals surface area contributed by atoms with Crippen LogP contribution in [-0.2, 0) is 12.8 Å². The highest BCUT2D eigenvalue weighted by molar-refractivity contribution is 5.40. The van der Waals surface area contributed by atoms with E-state index in [1.807, 2.05) is 0 Å². The van der Waals surface area contributed by atoms with Crippen LogP contribution in [0.25, 0.3) is 0 Å². The molecule has 1 atom stereocenters. The topological polar surface area (TPSA) is 72.3 Å². The normalized spacial score (nSPS) is 22.2. The fourth-order valence-corrected chi connectivity index (χ4v) is 1.66. The Bertz CT molecular complexity index is 283. The van der Waals surface area contributed by atoms with Gasteiger partial charge in [0.2, 0.25) is 5.88 Å². The van der Waals surface area contributed by atoms with Gasteiger partial charge in [0.15, 0.2) is 0 Å². The van der Waals surface area contributed by atoms with Crippen molar-refractivity contribution in [3.05, 3.63) is 11.3 Å². The van der Waals surface area contributed by atoms with E-state index in [1.165, 1.54) is 0 Å². The summed E-state index contributed by atoms with van der Waals surface area (Å²) >= 11 is 0. The van der Waals surface area contributed by atoms with Gasteiger partial charge in [0, 0.05) is 12.2 Å². The Labute approximate surface area is 70.3 Å². The Balaban J connectivity index is 2.26. The zero-order valence-electron chi connectivity index (χ0n) is 6.79. The van der Waals surface area contributed by atoms with Crippen molar-refractivity contribution < 1.29 is 9.63 Å². The average Bonchev–Trinajstić information content (AvgIpc) is 2.47. The molecule has 2 rings (SSSR count). The van der Waals surface area contributed by atoms with Crippen molar-refractivity contribution in [3.63, 3.8) is 0 Å². The van der Waals surface area contributed by atoms with Crippen LogP contribution in [0.1, 0.15) is 17.7 Å². The van der Waals surface area contributed by atoms with Crippen molar-refractivity contribution in [2.45, 2.75) is 19.3 Å². The fourth-order valence-electron chi connectivity index (χ4n) is 1.66. The first kappa shape index (κ1) is 7.61. The lowest BCUT2D eigenvalue weighted by Crippen LogP contribution is -2.17. The van der Waals surface area contributed by atoms with E-state index < -0.39 is 0 Å². The Morgan fingerprint density at radius 1 is 1.67 bits per heavy atom. The maximum atomic E-state index is 8.95. The largest absolute Gasteiger partial charge is 0.396 e. The molecular formula is C8H12N2O2. The lowest BCUT2D eigenvalue weighted by molar-refractivity contribution is 0.213. The molecule has 66 valence electrons. The summed E-state index contributed by atoms with van der Waals surface area (Å²) in [5, 5.41) is 12.8. The number of aliphatic hydroxyl groups is 1. The van der Waals surface area contributed by atoms with E-state index in [4.69, 9.17) is 15.4 Å². The minimum absolute atomic E-state index is 0.226. The van der Waals surface area contributed by atoms with Crippen molar-refractivity contribution in [3.8, 4) is 0 Å². The number of hydrogen-bond acceptors (Lipinski definition) is 4. The van der Waals surface area contributed by atoms with Crippen molar-refractivity contribution in [2.75, 3.05) is 12.3 Å². The maximum Gasteiger partial charge on any atom is 0.225 e. The summed E-state index contributed by atoms with van der Waals surface area (Å²) in [6.45, 7) is 0.226. The molecule has 0 bridgehead atoms. The van der Waals surface area contributed by atoms with Crippen LogP contribution in [0, 0.1) is 5.92 Å². The first-order valence-corrected chi connectivity index (χ1v) is 4.15. The highest BCUT2D eigenvalue weighted by Gasteiger charge is 2.23. The summed E-state index contributed by atoms with van der Waals surface area (Å²) < 4.78 is 4.86. The van der Waals surface area contributed by atoms with Gasteiger partial charge in [0.05, 0.1) is 5.69 Å². The molecular weight excluding hydrogens is 156 g/mol. The van der Waals surface area contributed by atoms with E-state index in [1.54, 1.807) is 0 Å². The van der Waals surface area contributed by atoms with Gasteiger partial charge in [-0.3, -0.25) is 0 Å². The second kappa shape index (κ2) is 2.79. The molecule has 1 unspecified atom stereocenters. The highest BCUT2D eigenvalue weighted by Crippen LogP contribution is 2.28. The quantitative estimate of drug-likeness (QED) is 0.634. The van der Waals surface area contributed by atoms with Crippen molar-refractivity contribution in [1.82, 2.24) is 5.16 Å². The van der Waals surface area contributed by atoms with Gasteiger partial charge in [-0.25, -0.2) is 0 Å². The molecule has 0 saturated heterocycles. The van der Waals surface area contributed by atoms with Crippen LogP contribution >= 0.6 is 0 Å². The van der Waals surface area contributed by atoms with Gasteiger partial charge in [-0.1, -0.05) is 5.16 Å². The number of nitrogen functional groups attached to an aromatic ring is 1. The van der Waals surface area contributed by atoms with Gasteiger partial charge in [-0.15, -0.1) is 0 Å². The van der Waals surface area contributed by atoms with Gasteiger partial charge in [-0.05, 0) is 25.2 Å². The molecule has 1 aliphatic carbocycles. The highest BCUT2D eigenvalue weighted by atomic mass is 16.5. The van der Waals surface area contributed by atoms with Gasteiger partial charge < -0.3 is 15.4 Å². The number of nitrogens with zero attached hydrogens (tertiary/aromatic N) is 1. The predicted octanol–water partition coefficient (Wildman–Crippen LogP) is 0.354. The van der Waals surface area contributed by atoms with E-state index >= 15 is 0 Å². The van der Waals surface area contributed by atoms with E-state index in [2.05, 4.69) is 5.16 Å². The van der Waals surface area contributed by atoms with Gasteiger partial charge in [-0.2, -0.15) is 0 Å². The summed E-state index contributed by atoms with van der Waals surface area (Å²) in [4.78, 5) is 0. The van der Waals surface area contributed by atoms with Crippen molar-refractivity contribution in [1.29, 1.82) is 0 Å². The summed E-state index contributed by atoms with van der Waals surface area (Å²) in [6.07, 6.45) is 2.66. The average molecular weight is 168 g/mol. The van der Waals surface area contributed by atoms with Crippen LogP contribution < -0.4 is 5.73 Å². The van der Waals surface area contributed by atoms with Gasteiger partial charge in [0.25, 0.3) is 0 Å². The van der Waals surface area contributed by atoms with E-state index in [0.717, 1.165) is 30.5 Å². The van der Waals surface area contributed by atoms with E-state index in [-0.39, 0.29) is 6.61 Å². The summed E-state index contributed by atoms with van der Waals surface area (Å²) in [5.74, 6) is 0.752. The molecule has 1 aliphatic rings. The number of fused-ring (bicyclic) bond motifs is 1. The number of rotatable bonds is 1. The minimum Gasteiger partial charge on any atom is -0.396 e. The smallest absolute Gasteiger partial charge is 0.225 e. The molecule has 1 aromatic rings. The molecule has 1 aromatic heterocycles. The Morgan fingerprint density at radius 3 is 3.25 bits per heavy atom. The maximum absolute atomic E-state index is 8.95. The standard InChI is InChI=1S/C8H12N2O2/c9-8-6-3-5(4-11)1-2-7(6)10-12-8/h5,11H,1-4,9H2. The lowest BCUT2D eigenvalue weighted by atomic mass is 9.88. The van der Waals surface area contributed by atoms with Crippen LogP contribution in [-0.4, -0.2) is 16.9 Å². The molecule has 12 heavy (non-hydrogen) atoms. The summed E-state index contributed by atoms with van der Waals surface area (Å²) in [7, 11) is 0. The first-order valence-electron chi connectivity index (χ1n) is 4.15. The Morgan fingerprint density at radius 2 is 2.50 bits per heavy atom. The van der Waals surface area contributed by atoms with Crippen LogP contribution in [0.3, 0.4) is 0 Å². The SMILES string of the molecule is Nc1onc2c1CC(CO)CC2. The predicted molar refractivity (Wildman–Crippen MR) is 43.5 cm³/mol. The number of aromatic nitrogens is 1. The zero-order chi connectivity index (χ0) is 8.55. The second-order valence-electron chi connectivity index (χ2n) is 3.26. The van der Waals surface area contributed by atoms with E-state index in [9.17, 15) is 0 Å². The number of aliphatic hydroxyl groups excluding tert-OH is 1. The van der Waals surface area contributed by atoms with Gasteiger partial charge >= 0.3 is 0 Å². The fraction of sp³-hybridized carbons (Fsp3) is 0.625. The van der Waals surface area contributed by atoms with Gasteiger partial charge in [0.1, 0.15) is 0 Å². The number of anilines is 1. The first-order chi connectivity index (χ1) is 5.81. The van der Waals surface area contributed by atoms with Crippen LogP contribution in [0.4, 0.5) is 5.88 Å². The minimum atomic E-state index is 0.226. The molecule has 1 heterocycles. The Kier molecular flexibility index (Phi) is 1.77. The molecule has 0 amide bonds. The molecule has 0 radical (unpaired) electrons. The monoisotopic (exact) mass is 168 g/mol. The van der Waals surface area contributed by atoms with Crippen molar-refractivity contribution in [2.24, 2.45) is 5.92 Å². The van der Waals surface area contributed by atoms with Crippen molar-refractivity contribution >= 4 is 5.88 Å². The third-order valence-corrected chi connectivity index (χ3v) is 2.44. The van der Waals surface area contributed by atoms with Crippen LogP contribution in [0.5, 0.6) is 0 Å². The number of aryl methyl sites for hydroxylation is 1. The third-order valence-electron chi connectivity index (χ3n) is 2.44. The molecule has 0 aliphatic heterocycles. The molecule has 0 aromatic carbocycles. The summed E-state index contributed by atoms with van der Waals surface area (Å²) in [5.41, 5.74) is 7.54. The molecule has 0 spiro atoms. The molecule has 4 nitrogen and oxygen atoms in total. The Hall–Kier alpha value is -1.03.